The van der Waals surface area contributed by atoms with E-state index in [2.05, 4.69) is 0 Å². The van der Waals surface area contributed by atoms with E-state index in [1.165, 1.54) is 22.9 Å². The first-order valence-electron chi connectivity index (χ1n) is 10.6. The summed E-state index contributed by atoms with van der Waals surface area (Å²) in [5.74, 6) is -1.84. The van der Waals surface area contributed by atoms with Crippen molar-refractivity contribution in [1.29, 1.82) is 0 Å². The Labute approximate surface area is 188 Å². The van der Waals surface area contributed by atoms with Gasteiger partial charge in [0.2, 0.25) is 5.91 Å². The topological polar surface area (TPSA) is 73.5 Å². The molecule has 0 atom stereocenters. The van der Waals surface area contributed by atoms with Gasteiger partial charge in [-0.2, -0.15) is 0 Å². The average Bonchev–Trinajstić information content (AvgIpc) is 2.81. The summed E-state index contributed by atoms with van der Waals surface area (Å²) in [5.41, 5.74) is -0.192. The van der Waals surface area contributed by atoms with Crippen molar-refractivity contribution < 1.29 is 18.3 Å². The van der Waals surface area contributed by atoms with Crippen molar-refractivity contribution in [3.8, 4) is 5.75 Å². The molecule has 0 unspecified atom stereocenters. The lowest BCUT2D eigenvalue weighted by Gasteiger charge is -2.32. The standard InChI is InChI=1S/C24H23F2N3O4/c25-18-6-7-21(20(26)14-18)33-19-8-11-27(12-9-19)23(31)16-29-22(30)10-13-28(24(29)32)15-17-4-2-1-3-5-17/h1-7,10,13-14,19H,8-9,11-12,15-16H2. The van der Waals surface area contributed by atoms with Crippen LogP contribution in [-0.4, -0.2) is 39.1 Å². The van der Waals surface area contributed by atoms with Crippen LogP contribution >= 0.6 is 0 Å². The first-order chi connectivity index (χ1) is 15.9. The fraction of sp³-hybridized carbons (Fsp3) is 0.292. The Morgan fingerprint density at radius 3 is 2.42 bits per heavy atom. The first kappa shape index (κ1) is 22.4. The molecule has 33 heavy (non-hydrogen) atoms. The quantitative estimate of drug-likeness (QED) is 0.572. The molecule has 172 valence electrons. The number of piperidine rings is 1. The molecule has 9 heteroatoms. The van der Waals surface area contributed by atoms with Crippen LogP contribution in [0.5, 0.6) is 5.75 Å². The van der Waals surface area contributed by atoms with Gasteiger partial charge in [0.15, 0.2) is 11.6 Å². The fourth-order valence-corrected chi connectivity index (χ4v) is 3.81. The van der Waals surface area contributed by atoms with Gasteiger partial charge in [0, 0.05) is 44.3 Å². The van der Waals surface area contributed by atoms with Gasteiger partial charge in [-0.25, -0.2) is 13.6 Å². The highest BCUT2D eigenvalue weighted by Gasteiger charge is 2.25. The van der Waals surface area contributed by atoms with Gasteiger partial charge in [-0.05, 0) is 17.7 Å². The summed E-state index contributed by atoms with van der Waals surface area (Å²) < 4.78 is 34.8. The molecular formula is C24H23F2N3O4. The molecule has 0 radical (unpaired) electrons. The maximum absolute atomic E-state index is 13.8. The van der Waals surface area contributed by atoms with E-state index in [9.17, 15) is 23.2 Å². The maximum Gasteiger partial charge on any atom is 0.331 e. The number of likely N-dealkylation sites (tertiary alicyclic amines) is 1. The predicted molar refractivity (Wildman–Crippen MR) is 117 cm³/mol. The van der Waals surface area contributed by atoms with Crippen LogP contribution in [0.15, 0.2) is 70.4 Å². The third-order valence-electron chi connectivity index (χ3n) is 5.61. The van der Waals surface area contributed by atoms with Crippen LogP contribution in [0, 0.1) is 11.6 Å². The Kier molecular flexibility index (Phi) is 6.67. The van der Waals surface area contributed by atoms with Crippen LogP contribution in [0.25, 0.3) is 0 Å². The van der Waals surface area contributed by atoms with E-state index in [1.807, 2.05) is 30.3 Å². The average molecular weight is 455 g/mol. The second-order valence-electron chi connectivity index (χ2n) is 7.91. The van der Waals surface area contributed by atoms with Gasteiger partial charge in [0.1, 0.15) is 18.5 Å². The highest BCUT2D eigenvalue weighted by atomic mass is 19.1. The van der Waals surface area contributed by atoms with E-state index >= 15 is 0 Å². The van der Waals surface area contributed by atoms with Crippen LogP contribution in [0.3, 0.4) is 0 Å². The van der Waals surface area contributed by atoms with Crippen molar-refractivity contribution in [3.63, 3.8) is 0 Å². The smallest absolute Gasteiger partial charge is 0.331 e. The largest absolute Gasteiger partial charge is 0.487 e. The van der Waals surface area contributed by atoms with E-state index < -0.39 is 22.9 Å². The Morgan fingerprint density at radius 1 is 1.00 bits per heavy atom. The minimum atomic E-state index is -0.774. The second-order valence-corrected chi connectivity index (χ2v) is 7.91. The molecule has 0 spiro atoms. The van der Waals surface area contributed by atoms with Crippen molar-refractivity contribution in [3.05, 3.63) is 98.8 Å². The SMILES string of the molecule is O=C(Cn1c(=O)ccn(Cc2ccccc2)c1=O)N1CCC(Oc2ccc(F)cc2F)CC1. The lowest BCUT2D eigenvalue weighted by atomic mass is 10.1. The molecule has 1 aliphatic rings. The van der Waals surface area contributed by atoms with Gasteiger partial charge in [0.25, 0.3) is 5.56 Å². The Hall–Kier alpha value is -3.75. The van der Waals surface area contributed by atoms with E-state index in [0.29, 0.717) is 25.9 Å². The molecule has 1 saturated heterocycles. The fourth-order valence-electron chi connectivity index (χ4n) is 3.81. The summed E-state index contributed by atoms with van der Waals surface area (Å²) in [5, 5.41) is 0. The zero-order chi connectivity index (χ0) is 23.4. The summed E-state index contributed by atoms with van der Waals surface area (Å²) >= 11 is 0. The molecule has 1 aliphatic heterocycles. The number of ether oxygens (including phenoxy) is 1. The number of nitrogens with zero attached hydrogens (tertiary/aromatic N) is 3. The minimum absolute atomic E-state index is 0.0315. The van der Waals surface area contributed by atoms with Crippen LogP contribution < -0.4 is 16.0 Å². The van der Waals surface area contributed by atoms with Crippen molar-refractivity contribution in [2.45, 2.75) is 32.0 Å². The van der Waals surface area contributed by atoms with Crippen LogP contribution in [-0.2, 0) is 17.9 Å². The molecule has 2 heterocycles. The number of benzene rings is 2. The zero-order valence-electron chi connectivity index (χ0n) is 17.8. The van der Waals surface area contributed by atoms with Gasteiger partial charge < -0.3 is 9.64 Å². The predicted octanol–water partition coefficient (Wildman–Crippen LogP) is 2.41. The normalized spacial score (nSPS) is 14.3. The lowest BCUT2D eigenvalue weighted by Crippen LogP contribution is -2.47. The number of carbonyl (C=O) groups excluding carboxylic acids is 1. The number of rotatable bonds is 6. The number of hydrogen-bond acceptors (Lipinski definition) is 4. The highest BCUT2D eigenvalue weighted by Crippen LogP contribution is 2.23. The summed E-state index contributed by atoms with van der Waals surface area (Å²) in [6.45, 7) is 0.612. The van der Waals surface area contributed by atoms with Crippen LogP contribution in [0.2, 0.25) is 0 Å². The molecule has 1 fully saturated rings. The number of amides is 1. The molecule has 7 nitrogen and oxygen atoms in total. The molecule has 3 aromatic rings. The van der Waals surface area contributed by atoms with Gasteiger partial charge in [-0.3, -0.25) is 18.7 Å². The third-order valence-corrected chi connectivity index (χ3v) is 5.61. The summed E-state index contributed by atoms with van der Waals surface area (Å²) in [4.78, 5) is 39.4. The lowest BCUT2D eigenvalue weighted by molar-refractivity contribution is -0.133. The molecule has 0 aliphatic carbocycles. The summed E-state index contributed by atoms with van der Waals surface area (Å²) in [6.07, 6.45) is 2.00. The van der Waals surface area contributed by atoms with E-state index in [0.717, 1.165) is 22.3 Å². The van der Waals surface area contributed by atoms with Crippen LogP contribution in [0.1, 0.15) is 18.4 Å². The van der Waals surface area contributed by atoms with Crippen molar-refractivity contribution >= 4 is 5.91 Å². The summed E-state index contributed by atoms with van der Waals surface area (Å²) in [6, 6.07) is 13.7. The first-order valence-corrected chi connectivity index (χ1v) is 10.6. The van der Waals surface area contributed by atoms with Gasteiger partial charge in [0.05, 0.1) is 6.54 Å². The molecule has 1 aromatic heterocycles. The maximum atomic E-state index is 13.8. The number of aromatic nitrogens is 2. The summed E-state index contributed by atoms with van der Waals surface area (Å²) in [7, 11) is 0. The van der Waals surface area contributed by atoms with Gasteiger partial charge in [-0.1, -0.05) is 30.3 Å². The Morgan fingerprint density at radius 2 is 1.73 bits per heavy atom. The number of hydrogen-bond donors (Lipinski definition) is 0. The molecule has 4 rings (SSSR count). The molecule has 0 N–H and O–H groups in total. The van der Waals surface area contributed by atoms with Gasteiger partial charge in [-0.15, -0.1) is 0 Å². The highest BCUT2D eigenvalue weighted by molar-refractivity contribution is 5.76. The second kappa shape index (κ2) is 9.81. The number of halogens is 2. The molecule has 0 saturated carbocycles. The van der Waals surface area contributed by atoms with Gasteiger partial charge >= 0.3 is 5.69 Å². The van der Waals surface area contributed by atoms with Crippen molar-refractivity contribution in [2.75, 3.05) is 13.1 Å². The van der Waals surface area contributed by atoms with E-state index in [-0.39, 0.29) is 30.9 Å². The monoisotopic (exact) mass is 455 g/mol. The molecule has 0 bridgehead atoms. The number of carbonyl (C=O) groups is 1. The Bertz CT molecular complexity index is 1250. The Balaban J connectivity index is 1.38. The molecule has 2 aromatic carbocycles. The minimum Gasteiger partial charge on any atom is -0.487 e. The van der Waals surface area contributed by atoms with Crippen LogP contribution in [0.4, 0.5) is 8.78 Å². The van der Waals surface area contributed by atoms with Crippen molar-refractivity contribution in [1.82, 2.24) is 14.0 Å². The molecular weight excluding hydrogens is 432 g/mol. The zero-order valence-corrected chi connectivity index (χ0v) is 17.8. The van der Waals surface area contributed by atoms with Crippen molar-refractivity contribution in [2.24, 2.45) is 0 Å². The van der Waals surface area contributed by atoms with E-state index in [4.69, 9.17) is 4.74 Å². The van der Waals surface area contributed by atoms with E-state index in [1.54, 1.807) is 4.90 Å². The third kappa shape index (κ3) is 5.36. The molecule has 1 amide bonds.